The van der Waals surface area contributed by atoms with Gasteiger partial charge in [-0.15, -0.1) is 0 Å². The number of aromatic nitrogens is 2. The lowest BCUT2D eigenvalue weighted by molar-refractivity contribution is 0.0661. The lowest BCUT2D eigenvalue weighted by Gasteiger charge is -2.32. The summed E-state index contributed by atoms with van der Waals surface area (Å²) in [7, 11) is 0. The summed E-state index contributed by atoms with van der Waals surface area (Å²) >= 11 is 0. The van der Waals surface area contributed by atoms with Gasteiger partial charge in [0, 0.05) is 19.2 Å². The molecule has 2 N–H and O–H groups in total. The minimum atomic E-state index is -0.680. The van der Waals surface area contributed by atoms with Crippen molar-refractivity contribution >= 4 is 5.91 Å². The van der Waals surface area contributed by atoms with Crippen LogP contribution in [0.3, 0.4) is 0 Å². The van der Waals surface area contributed by atoms with Gasteiger partial charge in [-0.2, -0.15) is 0 Å². The van der Waals surface area contributed by atoms with Crippen molar-refractivity contribution in [3.8, 4) is 0 Å². The molecule has 2 heterocycles. The van der Waals surface area contributed by atoms with Crippen molar-refractivity contribution < 1.29 is 9.18 Å². The molecule has 1 aliphatic heterocycles. The van der Waals surface area contributed by atoms with E-state index in [0.717, 1.165) is 37.3 Å². The van der Waals surface area contributed by atoms with Crippen molar-refractivity contribution in [2.75, 3.05) is 13.1 Å². The molecule has 7 heteroatoms. The van der Waals surface area contributed by atoms with Crippen LogP contribution in [-0.2, 0) is 6.42 Å². The van der Waals surface area contributed by atoms with Crippen molar-refractivity contribution in [1.29, 1.82) is 0 Å². The van der Waals surface area contributed by atoms with Crippen LogP contribution in [0.1, 0.15) is 35.3 Å². The number of halogens is 1. The lowest BCUT2D eigenvalue weighted by Crippen LogP contribution is -2.41. The van der Waals surface area contributed by atoms with Crippen LogP contribution in [0.25, 0.3) is 0 Å². The molecular weight excluding hydrogens is 325 g/mol. The Morgan fingerprint density at radius 2 is 1.96 bits per heavy atom. The van der Waals surface area contributed by atoms with E-state index in [1.165, 1.54) is 12.1 Å². The largest absolute Gasteiger partial charge is 0.337 e. The van der Waals surface area contributed by atoms with Crippen LogP contribution in [0.5, 0.6) is 0 Å². The topological polar surface area (TPSA) is 86.0 Å². The zero-order valence-electron chi connectivity index (χ0n) is 13.8. The van der Waals surface area contributed by atoms with E-state index in [-0.39, 0.29) is 17.4 Å². The van der Waals surface area contributed by atoms with E-state index in [2.05, 4.69) is 9.97 Å². The molecule has 1 saturated heterocycles. The van der Waals surface area contributed by atoms with Gasteiger partial charge in [0.15, 0.2) is 0 Å². The van der Waals surface area contributed by atoms with Crippen molar-refractivity contribution in [3.63, 3.8) is 0 Å². The number of aryl methyl sites for hydroxylation is 1. The van der Waals surface area contributed by atoms with Crippen LogP contribution in [-0.4, -0.2) is 33.9 Å². The maximum atomic E-state index is 12.9. The van der Waals surface area contributed by atoms with Crippen LogP contribution < -0.4 is 11.2 Å². The summed E-state index contributed by atoms with van der Waals surface area (Å²) in [6.07, 6.45) is 3.64. The fourth-order valence-electron chi connectivity index (χ4n) is 3.26. The fourth-order valence-corrected chi connectivity index (χ4v) is 3.26. The van der Waals surface area contributed by atoms with Crippen molar-refractivity contribution in [1.82, 2.24) is 14.9 Å². The average Bonchev–Trinajstić information content (AvgIpc) is 2.60. The highest BCUT2D eigenvalue weighted by atomic mass is 19.1. The third-order valence-corrected chi connectivity index (χ3v) is 4.55. The molecule has 0 bridgehead atoms. The quantitative estimate of drug-likeness (QED) is 0.884. The number of amides is 1. The maximum Gasteiger partial charge on any atom is 0.326 e. The van der Waals surface area contributed by atoms with Gasteiger partial charge < -0.3 is 9.88 Å². The standard InChI is InChI=1S/C18H20FN3O3/c19-14-7-5-12(6-8-14)3-4-13-2-1-9-22(11-13)17(24)15-10-16(23)21-18(25)20-15/h5-8,10,13H,1-4,9,11H2,(H2,20,21,23,25)/t13-/m0/s1. The predicted octanol–water partition coefficient (Wildman–Crippen LogP) is 1.69. The highest BCUT2D eigenvalue weighted by Gasteiger charge is 2.25. The van der Waals surface area contributed by atoms with Crippen LogP contribution in [0.4, 0.5) is 4.39 Å². The van der Waals surface area contributed by atoms with Gasteiger partial charge in [-0.3, -0.25) is 14.6 Å². The number of nitrogens with zero attached hydrogens (tertiary/aromatic N) is 1. The Hall–Kier alpha value is -2.70. The van der Waals surface area contributed by atoms with Gasteiger partial charge in [-0.25, -0.2) is 9.18 Å². The number of likely N-dealkylation sites (tertiary alicyclic amines) is 1. The average molecular weight is 345 g/mol. The summed E-state index contributed by atoms with van der Waals surface area (Å²) in [5.74, 6) is -0.226. The highest BCUT2D eigenvalue weighted by molar-refractivity contribution is 5.92. The van der Waals surface area contributed by atoms with Gasteiger partial charge in [-0.1, -0.05) is 12.1 Å². The Labute approximate surface area is 143 Å². The number of aromatic amines is 2. The summed E-state index contributed by atoms with van der Waals surface area (Å²) in [6, 6.07) is 7.58. The number of piperidine rings is 1. The minimum absolute atomic E-state index is 0.0212. The first-order chi connectivity index (χ1) is 12.0. The van der Waals surface area contributed by atoms with Crippen LogP contribution in [0.2, 0.25) is 0 Å². The van der Waals surface area contributed by atoms with E-state index in [4.69, 9.17) is 0 Å². The number of carbonyl (C=O) groups is 1. The second kappa shape index (κ2) is 7.46. The van der Waals surface area contributed by atoms with Crippen molar-refractivity contribution in [2.24, 2.45) is 5.92 Å². The Morgan fingerprint density at radius 1 is 1.20 bits per heavy atom. The molecule has 1 aliphatic rings. The van der Waals surface area contributed by atoms with E-state index in [1.807, 2.05) is 0 Å². The van der Waals surface area contributed by atoms with Gasteiger partial charge >= 0.3 is 5.69 Å². The Bertz CT molecular complexity index is 829. The number of benzene rings is 1. The molecule has 6 nitrogen and oxygen atoms in total. The zero-order valence-corrected chi connectivity index (χ0v) is 13.8. The summed E-state index contributed by atoms with van der Waals surface area (Å²) in [5, 5.41) is 0. The molecule has 1 aromatic heterocycles. The fraction of sp³-hybridized carbons (Fsp3) is 0.389. The molecule has 2 aromatic rings. The monoisotopic (exact) mass is 345 g/mol. The third-order valence-electron chi connectivity index (χ3n) is 4.55. The van der Waals surface area contributed by atoms with Crippen molar-refractivity contribution in [2.45, 2.75) is 25.7 Å². The van der Waals surface area contributed by atoms with Crippen molar-refractivity contribution in [3.05, 3.63) is 68.2 Å². The third kappa shape index (κ3) is 4.43. The second-order valence-electron chi connectivity index (χ2n) is 6.43. The first-order valence-electron chi connectivity index (χ1n) is 8.38. The molecule has 25 heavy (non-hydrogen) atoms. The highest BCUT2D eigenvalue weighted by Crippen LogP contribution is 2.22. The zero-order chi connectivity index (χ0) is 17.8. The Balaban J connectivity index is 1.62. The van der Waals surface area contributed by atoms with Gasteiger partial charge in [-0.05, 0) is 49.3 Å². The van der Waals surface area contributed by atoms with Gasteiger partial charge in [0.1, 0.15) is 11.5 Å². The SMILES string of the molecule is O=C(c1cc(=O)[nH]c(=O)[nH]1)N1CCC[C@@H](CCc2ccc(F)cc2)C1. The normalized spacial score (nSPS) is 17.5. The Morgan fingerprint density at radius 3 is 2.68 bits per heavy atom. The van der Waals surface area contributed by atoms with Gasteiger partial charge in [0.2, 0.25) is 0 Å². The van der Waals surface area contributed by atoms with E-state index in [9.17, 15) is 18.8 Å². The molecule has 0 saturated carbocycles. The summed E-state index contributed by atoms with van der Waals surface area (Å²) < 4.78 is 12.9. The summed E-state index contributed by atoms with van der Waals surface area (Å²) in [6.45, 7) is 1.20. The number of carbonyl (C=O) groups excluding carboxylic acids is 1. The molecule has 3 rings (SSSR count). The smallest absolute Gasteiger partial charge is 0.326 e. The number of hydrogen-bond acceptors (Lipinski definition) is 3. The first-order valence-corrected chi connectivity index (χ1v) is 8.38. The molecule has 1 aromatic carbocycles. The summed E-state index contributed by atoms with van der Waals surface area (Å²) in [4.78, 5) is 41.4. The molecule has 0 spiro atoms. The first kappa shape index (κ1) is 17.1. The van der Waals surface area contributed by atoms with Crippen LogP contribution in [0.15, 0.2) is 39.9 Å². The molecule has 1 fully saturated rings. The molecule has 0 unspecified atom stereocenters. The second-order valence-corrected chi connectivity index (χ2v) is 6.43. The number of hydrogen-bond donors (Lipinski definition) is 2. The lowest BCUT2D eigenvalue weighted by atomic mass is 9.91. The molecule has 132 valence electrons. The number of nitrogens with one attached hydrogen (secondary N) is 2. The van der Waals surface area contributed by atoms with E-state index in [1.54, 1.807) is 17.0 Å². The number of H-pyrrole nitrogens is 2. The molecule has 0 radical (unpaired) electrons. The van der Waals surface area contributed by atoms with Gasteiger partial charge in [0.05, 0.1) is 0 Å². The minimum Gasteiger partial charge on any atom is -0.337 e. The molecule has 1 amide bonds. The number of rotatable bonds is 4. The van der Waals surface area contributed by atoms with Gasteiger partial charge in [0.25, 0.3) is 11.5 Å². The Kier molecular flexibility index (Phi) is 5.11. The van der Waals surface area contributed by atoms with Crippen LogP contribution >= 0.6 is 0 Å². The maximum absolute atomic E-state index is 12.9. The molecule has 1 atom stereocenters. The summed E-state index contributed by atoms with van der Waals surface area (Å²) in [5.41, 5.74) is -0.172. The molecule has 0 aliphatic carbocycles. The van der Waals surface area contributed by atoms with E-state index < -0.39 is 11.2 Å². The van der Waals surface area contributed by atoms with E-state index >= 15 is 0 Å². The molecular formula is C18H20FN3O3. The predicted molar refractivity (Wildman–Crippen MR) is 91.0 cm³/mol. The van der Waals surface area contributed by atoms with Crippen LogP contribution in [0, 0.1) is 11.7 Å². The van der Waals surface area contributed by atoms with E-state index in [0.29, 0.717) is 19.0 Å².